The van der Waals surface area contributed by atoms with Crippen LogP contribution in [-0.2, 0) is 6.61 Å². The van der Waals surface area contributed by atoms with E-state index in [0.29, 0.717) is 40.9 Å². The molecule has 0 radical (unpaired) electrons. The minimum absolute atomic E-state index is 0.0830. The molecule has 2 heterocycles. The average molecular weight is 438 g/mol. The van der Waals surface area contributed by atoms with Gasteiger partial charge in [0.2, 0.25) is 0 Å². The summed E-state index contributed by atoms with van der Waals surface area (Å²) in [5.74, 6) is 1.51. The minimum Gasteiger partial charge on any atom is -0.486 e. The number of benzene rings is 1. The first-order valence-electron chi connectivity index (χ1n) is 10.9. The summed E-state index contributed by atoms with van der Waals surface area (Å²) < 4.78 is 5.80. The smallest absolute Gasteiger partial charge is 0.258 e. The number of amides is 1. The highest BCUT2D eigenvalue weighted by atomic mass is 16.5. The molecule has 32 heavy (non-hydrogen) atoms. The van der Waals surface area contributed by atoms with Crippen LogP contribution in [0.15, 0.2) is 34.2 Å². The molecular weight excluding hydrogens is 406 g/mol. The Morgan fingerprint density at radius 2 is 2.12 bits per heavy atom. The molecule has 0 saturated carbocycles. The van der Waals surface area contributed by atoms with Gasteiger partial charge in [-0.2, -0.15) is 0 Å². The fourth-order valence-electron chi connectivity index (χ4n) is 3.79. The third-order valence-electron chi connectivity index (χ3n) is 5.67. The summed E-state index contributed by atoms with van der Waals surface area (Å²) >= 11 is 0. The monoisotopic (exact) mass is 437 g/mol. The van der Waals surface area contributed by atoms with Crippen molar-refractivity contribution in [3.8, 4) is 5.75 Å². The zero-order valence-corrected chi connectivity index (χ0v) is 18.7. The van der Waals surface area contributed by atoms with Gasteiger partial charge in [-0.1, -0.05) is 6.07 Å². The van der Waals surface area contributed by atoms with E-state index in [4.69, 9.17) is 4.74 Å². The average Bonchev–Trinajstić information content (AvgIpc) is 2.78. The third kappa shape index (κ3) is 6.37. The second kappa shape index (κ2) is 11.4. The summed E-state index contributed by atoms with van der Waals surface area (Å²) in [5, 5.41) is 6.39. The Hall–Kier alpha value is -3.26. The number of aromatic nitrogens is 2. The lowest BCUT2D eigenvalue weighted by Crippen LogP contribution is -2.31. The first-order chi connectivity index (χ1) is 15.5. The number of H-pyrrole nitrogens is 1. The number of carbonyl (C=O) groups excluding carboxylic acids is 1. The van der Waals surface area contributed by atoms with Crippen molar-refractivity contribution >= 4 is 18.7 Å². The van der Waals surface area contributed by atoms with E-state index < -0.39 is 0 Å². The second-order valence-corrected chi connectivity index (χ2v) is 8.01. The summed E-state index contributed by atoms with van der Waals surface area (Å²) in [5.41, 5.74) is 2.20. The maximum Gasteiger partial charge on any atom is 0.258 e. The minimum atomic E-state index is -0.270. The Morgan fingerprint density at radius 1 is 1.34 bits per heavy atom. The molecule has 0 bridgehead atoms. The SMILES string of the molecule is C=N/C=C\c1c(C)nc(COc2ccc(C)c(C(=O)NCCC3CCNCC3)c2)[nH]c1=O. The van der Waals surface area contributed by atoms with Crippen LogP contribution in [0.4, 0.5) is 0 Å². The Balaban J connectivity index is 1.60. The predicted molar refractivity (Wildman–Crippen MR) is 126 cm³/mol. The van der Waals surface area contributed by atoms with Gasteiger partial charge in [-0.25, -0.2) is 4.98 Å². The molecule has 2 aromatic rings. The number of nitrogens with zero attached hydrogens (tertiary/aromatic N) is 2. The second-order valence-electron chi connectivity index (χ2n) is 8.01. The van der Waals surface area contributed by atoms with Crippen molar-refractivity contribution in [2.24, 2.45) is 10.9 Å². The van der Waals surface area contributed by atoms with Crippen molar-refractivity contribution in [1.82, 2.24) is 20.6 Å². The van der Waals surface area contributed by atoms with Crippen LogP contribution in [-0.4, -0.2) is 42.2 Å². The lowest BCUT2D eigenvalue weighted by atomic mass is 9.95. The summed E-state index contributed by atoms with van der Waals surface area (Å²) in [4.78, 5) is 35.7. The molecule has 0 atom stereocenters. The van der Waals surface area contributed by atoms with Crippen LogP contribution >= 0.6 is 0 Å². The maximum atomic E-state index is 12.7. The van der Waals surface area contributed by atoms with E-state index in [9.17, 15) is 9.59 Å². The largest absolute Gasteiger partial charge is 0.486 e. The molecule has 1 aromatic heterocycles. The van der Waals surface area contributed by atoms with Crippen LogP contribution in [0.25, 0.3) is 6.08 Å². The van der Waals surface area contributed by atoms with Gasteiger partial charge in [-0.3, -0.25) is 14.6 Å². The van der Waals surface area contributed by atoms with Gasteiger partial charge in [0, 0.05) is 18.3 Å². The number of aliphatic imine (C=N–C) groups is 1. The van der Waals surface area contributed by atoms with Crippen molar-refractivity contribution in [2.45, 2.75) is 39.7 Å². The summed E-state index contributed by atoms with van der Waals surface area (Å²) in [6.07, 6.45) is 6.33. The fraction of sp³-hybridized carbons (Fsp3) is 0.417. The van der Waals surface area contributed by atoms with E-state index in [1.54, 1.807) is 25.1 Å². The van der Waals surface area contributed by atoms with Crippen LogP contribution in [0.5, 0.6) is 5.75 Å². The molecule has 170 valence electrons. The van der Waals surface area contributed by atoms with E-state index in [1.807, 2.05) is 13.0 Å². The summed E-state index contributed by atoms with van der Waals surface area (Å²) in [6, 6.07) is 5.39. The number of aromatic amines is 1. The number of hydrogen-bond acceptors (Lipinski definition) is 6. The van der Waals surface area contributed by atoms with Crippen LogP contribution < -0.4 is 20.9 Å². The zero-order valence-electron chi connectivity index (χ0n) is 18.7. The van der Waals surface area contributed by atoms with Gasteiger partial charge in [-0.05, 0) is 82.6 Å². The molecule has 1 fully saturated rings. The highest BCUT2D eigenvalue weighted by Gasteiger charge is 2.15. The van der Waals surface area contributed by atoms with Gasteiger partial charge in [-0.15, -0.1) is 0 Å². The van der Waals surface area contributed by atoms with Crippen molar-refractivity contribution < 1.29 is 9.53 Å². The Bertz CT molecular complexity index is 1040. The topological polar surface area (TPSA) is 108 Å². The molecule has 1 aromatic carbocycles. The lowest BCUT2D eigenvalue weighted by Gasteiger charge is -2.22. The van der Waals surface area contributed by atoms with Gasteiger partial charge in [0.25, 0.3) is 11.5 Å². The number of nitrogens with one attached hydrogen (secondary N) is 3. The summed E-state index contributed by atoms with van der Waals surface area (Å²) in [7, 11) is 0. The highest BCUT2D eigenvalue weighted by molar-refractivity contribution is 5.96. The molecule has 0 aliphatic carbocycles. The van der Waals surface area contributed by atoms with Crippen molar-refractivity contribution in [2.75, 3.05) is 19.6 Å². The van der Waals surface area contributed by atoms with Crippen molar-refractivity contribution in [3.63, 3.8) is 0 Å². The van der Waals surface area contributed by atoms with Crippen LogP contribution in [0.3, 0.4) is 0 Å². The van der Waals surface area contributed by atoms with E-state index in [2.05, 4.69) is 32.3 Å². The van der Waals surface area contributed by atoms with Gasteiger partial charge in [0.15, 0.2) is 0 Å². The molecule has 3 rings (SSSR count). The molecular formula is C24H31N5O3. The van der Waals surface area contributed by atoms with E-state index in [1.165, 1.54) is 6.20 Å². The molecule has 0 unspecified atom stereocenters. The molecule has 1 saturated heterocycles. The zero-order chi connectivity index (χ0) is 22.9. The highest BCUT2D eigenvalue weighted by Crippen LogP contribution is 2.19. The molecule has 8 heteroatoms. The Morgan fingerprint density at radius 3 is 2.84 bits per heavy atom. The molecule has 0 spiro atoms. The van der Waals surface area contributed by atoms with E-state index in [0.717, 1.165) is 37.9 Å². The van der Waals surface area contributed by atoms with Crippen molar-refractivity contribution in [3.05, 3.63) is 63.0 Å². The van der Waals surface area contributed by atoms with Gasteiger partial charge in [0.05, 0.1) is 11.3 Å². The van der Waals surface area contributed by atoms with Gasteiger partial charge < -0.3 is 20.4 Å². The van der Waals surface area contributed by atoms with E-state index >= 15 is 0 Å². The number of carbonyl (C=O) groups is 1. The number of hydrogen-bond donors (Lipinski definition) is 3. The molecule has 8 nitrogen and oxygen atoms in total. The number of rotatable bonds is 9. The number of piperidine rings is 1. The molecule has 1 amide bonds. The first kappa shape index (κ1) is 23.4. The van der Waals surface area contributed by atoms with Crippen molar-refractivity contribution in [1.29, 1.82) is 0 Å². The fourth-order valence-corrected chi connectivity index (χ4v) is 3.79. The van der Waals surface area contributed by atoms with E-state index in [-0.39, 0.29) is 18.1 Å². The third-order valence-corrected chi connectivity index (χ3v) is 5.67. The lowest BCUT2D eigenvalue weighted by molar-refractivity contribution is 0.0949. The Kier molecular flexibility index (Phi) is 8.33. The van der Waals surface area contributed by atoms with Gasteiger partial charge >= 0.3 is 0 Å². The quantitative estimate of drug-likeness (QED) is 0.523. The number of ether oxygens (including phenoxy) is 1. The van der Waals surface area contributed by atoms with Crippen LogP contribution in [0, 0.1) is 19.8 Å². The Labute approximate surface area is 188 Å². The molecule has 3 N–H and O–H groups in total. The molecule has 1 aliphatic rings. The standard InChI is InChI=1S/C24H31N5O3/c1-16-4-5-19(14-21(16)23(30)27-13-8-18-6-11-26-12-7-18)32-15-22-28-17(2)20(9-10-25-3)24(31)29-22/h4-5,9-10,14,18,26H,3,6-8,11-13,15H2,1-2H3,(H,27,30)(H,28,29,31)/b10-9-. The number of aryl methyl sites for hydroxylation is 2. The first-order valence-corrected chi connectivity index (χ1v) is 10.9. The van der Waals surface area contributed by atoms with Crippen LogP contribution in [0.1, 0.15) is 52.3 Å². The summed E-state index contributed by atoms with van der Waals surface area (Å²) in [6.45, 7) is 9.88. The molecule has 1 aliphatic heterocycles. The normalized spacial score (nSPS) is 14.4. The maximum absolute atomic E-state index is 12.7. The van der Waals surface area contributed by atoms with Gasteiger partial charge in [0.1, 0.15) is 18.2 Å². The van der Waals surface area contributed by atoms with Crippen LogP contribution in [0.2, 0.25) is 0 Å². The predicted octanol–water partition coefficient (Wildman–Crippen LogP) is 2.76.